The predicted octanol–water partition coefficient (Wildman–Crippen LogP) is 0.630. The molecular formula is C11H20N2O2. The second-order valence-electron chi connectivity index (χ2n) is 4.57. The summed E-state index contributed by atoms with van der Waals surface area (Å²) in [5.41, 5.74) is 0. The van der Waals surface area contributed by atoms with Gasteiger partial charge in [-0.2, -0.15) is 0 Å². The summed E-state index contributed by atoms with van der Waals surface area (Å²) in [4.78, 5) is 15.6. The number of hydrogen-bond acceptors (Lipinski definition) is 3. The minimum Gasteiger partial charge on any atom is -0.480 e. The molecule has 0 aromatic heterocycles. The van der Waals surface area contributed by atoms with Crippen molar-refractivity contribution < 1.29 is 9.90 Å². The lowest BCUT2D eigenvalue weighted by Gasteiger charge is -2.37. The molecule has 1 heterocycles. The Kier molecular flexibility index (Phi) is 3.26. The number of rotatable bonds is 4. The summed E-state index contributed by atoms with van der Waals surface area (Å²) in [6.07, 6.45) is 3.39. The van der Waals surface area contributed by atoms with Gasteiger partial charge in [-0.25, -0.2) is 0 Å². The monoisotopic (exact) mass is 212 g/mol. The molecule has 1 saturated heterocycles. The van der Waals surface area contributed by atoms with Crippen LogP contribution in [0.1, 0.15) is 26.2 Å². The molecule has 2 aliphatic rings. The summed E-state index contributed by atoms with van der Waals surface area (Å²) < 4.78 is 0. The number of carboxylic acid groups (broad SMARTS) is 1. The summed E-state index contributed by atoms with van der Waals surface area (Å²) in [6, 6.07) is 0.545. The van der Waals surface area contributed by atoms with Crippen LogP contribution in [0.25, 0.3) is 0 Å². The van der Waals surface area contributed by atoms with Gasteiger partial charge in [0.2, 0.25) is 0 Å². The molecular weight excluding hydrogens is 192 g/mol. The Balaban J connectivity index is 1.83. The molecule has 15 heavy (non-hydrogen) atoms. The molecule has 0 aromatic rings. The molecule has 2 rings (SSSR count). The van der Waals surface area contributed by atoms with Gasteiger partial charge in [-0.1, -0.05) is 6.92 Å². The highest BCUT2D eigenvalue weighted by molar-refractivity contribution is 5.73. The standard InChI is InChI=1S/C11H20N2O2/c1-2-10(11(14)15)13-7-5-12(6-8-13)9-3-4-9/h9-10H,2-8H2,1H3,(H,14,15). The van der Waals surface area contributed by atoms with E-state index in [1.165, 1.54) is 12.8 Å². The number of aliphatic carboxylic acids is 1. The Morgan fingerprint density at radius 3 is 2.33 bits per heavy atom. The molecule has 1 N–H and O–H groups in total. The normalized spacial score (nSPS) is 26.5. The van der Waals surface area contributed by atoms with Crippen molar-refractivity contribution in [2.45, 2.75) is 38.3 Å². The van der Waals surface area contributed by atoms with Gasteiger partial charge in [0, 0.05) is 32.2 Å². The molecule has 2 fully saturated rings. The van der Waals surface area contributed by atoms with E-state index < -0.39 is 5.97 Å². The maximum Gasteiger partial charge on any atom is 0.320 e. The Bertz CT molecular complexity index is 233. The summed E-state index contributed by atoms with van der Waals surface area (Å²) in [5.74, 6) is -0.669. The lowest BCUT2D eigenvalue weighted by Crippen LogP contribution is -2.52. The molecule has 4 heteroatoms. The van der Waals surface area contributed by atoms with Crippen LogP contribution in [0.15, 0.2) is 0 Å². The van der Waals surface area contributed by atoms with Crippen LogP contribution in [0.3, 0.4) is 0 Å². The van der Waals surface area contributed by atoms with E-state index in [9.17, 15) is 4.79 Å². The quantitative estimate of drug-likeness (QED) is 0.742. The Morgan fingerprint density at radius 2 is 1.93 bits per heavy atom. The van der Waals surface area contributed by atoms with E-state index in [2.05, 4.69) is 9.80 Å². The number of piperazine rings is 1. The zero-order valence-corrected chi connectivity index (χ0v) is 9.35. The van der Waals surface area contributed by atoms with Crippen molar-refractivity contribution in [1.29, 1.82) is 0 Å². The van der Waals surface area contributed by atoms with Crippen LogP contribution in [-0.4, -0.2) is 59.1 Å². The molecule has 0 spiro atoms. The lowest BCUT2D eigenvalue weighted by molar-refractivity contribution is -0.144. The molecule has 1 unspecified atom stereocenters. The van der Waals surface area contributed by atoms with Crippen LogP contribution < -0.4 is 0 Å². The van der Waals surface area contributed by atoms with Crippen LogP contribution in [0.5, 0.6) is 0 Å². The first-order chi connectivity index (χ1) is 7.22. The molecule has 0 amide bonds. The van der Waals surface area contributed by atoms with E-state index in [-0.39, 0.29) is 6.04 Å². The fraction of sp³-hybridized carbons (Fsp3) is 0.909. The highest BCUT2D eigenvalue weighted by atomic mass is 16.4. The zero-order valence-electron chi connectivity index (χ0n) is 9.35. The maximum absolute atomic E-state index is 11.0. The number of carbonyl (C=O) groups is 1. The molecule has 0 radical (unpaired) electrons. The van der Waals surface area contributed by atoms with E-state index in [0.717, 1.165) is 32.2 Å². The van der Waals surface area contributed by atoms with Crippen molar-refractivity contribution in [2.75, 3.05) is 26.2 Å². The van der Waals surface area contributed by atoms with E-state index >= 15 is 0 Å². The fourth-order valence-corrected chi connectivity index (χ4v) is 2.44. The van der Waals surface area contributed by atoms with Gasteiger partial charge in [-0.3, -0.25) is 14.6 Å². The highest BCUT2D eigenvalue weighted by Gasteiger charge is 2.33. The third-order valence-electron chi connectivity index (χ3n) is 3.52. The van der Waals surface area contributed by atoms with Crippen molar-refractivity contribution in [3.63, 3.8) is 0 Å². The zero-order chi connectivity index (χ0) is 10.8. The van der Waals surface area contributed by atoms with Crippen LogP contribution in [0.4, 0.5) is 0 Å². The van der Waals surface area contributed by atoms with Gasteiger partial charge < -0.3 is 5.11 Å². The minimum atomic E-state index is -0.669. The van der Waals surface area contributed by atoms with Crippen LogP contribution in [0.2, 0.25) is 0 Å². The summed E-state index contributed by atoms with van der Waals surface area (Å²) in [5, 5.41) is 9.06. The molecule has 0 bridgehead atoms. The molecule has 1 aliphatic heterocycles. The number of hydrogen-bond donors (Lipinski definition) is 1. The summed E-state index contributed by atoms with van der Waals surface area (Å²) in [6.45, 7) is 5.89. The smallest absolute Gasteiger partial charge is 0.320 e. The topological polar surface area (TPSA) is 43.8 Å². The van der Waals surface area contributed by atoms with Gasteiger partial charge in [-0.05, 0) is 19.3 Å². The van der Waals surface area contributed by atoms with Crippen molar-refractivity contribution in [3.05, 3.63) is 0 Å². The number of nitrogens with zero attached hydrogens (tertiary/aromatic N) is 2. The fourth-order valence-electron chi connectivity index (χ4n) is 2.44. The second-order valence-corrected chi connectivity index (χ2v) is 4.57. The molecule has 86 valence electrons. The molecule has 1 atom stereocenters. The molecule has 1 aliphatic carbocycles. The van der Waals surface area contributed by atoms with Crippen molar-refractivity contribution in [2.24, 2.45) is 0 Å². The lowest BCUT2D eigenvalue weighted by atomic mass is 10.1. The van der Waals surface area contributed by atoms with E-state index in [1.807, 2.05) is 6.92 Å². The average Bonchev–Trinajstić information content (AvgIpc) is 3.03. The second kappa shape index (κ2) is 4.49. The summed E-state index contributed by atoms with van der Waals surface area (Å²) in [7, 11) is 0. The van der Waals surface area contributed by atoms with Crippen LogP contribution >= 0.6 is 0 Å². The first kappa shape index (κ1) is 10.9. The van der Waals surface area contributed by atoms with E-state index in [4.69, 9.17) is 5.11 Å². The third kappa shape index (κ3) is 2.49. The van der Waals surface area contributed by atoms with Crippen molar-refractivity contribution >= 4 is 5.97 Å². The molecule has 1 saturated carbocycles. The van der Waals surface area contributed by atoms with Gasteiger partial charge >= 0.3 is 5.97 Å². The van der Waals surface area contributed by atoms with Gasteiger partial charge in [0.1, 0.15) is 6.04 Å². The largest absolute Gasteiger partial charge is 0.480 e. The Morgan fingerprint density at radius 1 is 1.33 bits per heavy atom. The first-order valence-electron chi connectivity index (χ1n) is 5.93. The third-order valence-corrected chi connectivity index (χ3v) is 3.52. The van der Waals surface area contributed by atoms with Gasteiger partial charge in [0.25, 0.3) is 0 Å². The van der Waals surface area contributed by atoms with E-state index in [1.54, 1.807) is 0 Å². The first-order valence-corrected chi connectivity index (χ1v) is 5.93. The molecule has 4 nitrogen and oxygen atoms in total. The van der Waals surface area contributed by atoms with Gasteiger partial charge in [-0.15, -0.1) is 0 Å². The minimum absolute atomic E-state index is 0.272. The van der Waals surface area contributed by atoms with Crippen molar-refractivity contribution in [1.82, 2.24) is 9.80 Å². The van der Waals surface area contributed by atoms with Gasteiger partial charge in [0.15, 0.2) is 0 Å². The predicted molar refractivity (Wildman–Crippen MR) is 57.9 cm³/mol. The van der Waals surface area contributed by atoms with Crippen LogP contribution in [-0.2, 0) is 4.79 Å². The Hall–Kier alpha value is -0.610. The van der Waals surface area contributed by atoms with Gasteiger partial charge in [0.05, 0.1) is 0 Å². The van der Waals surface area contributed by atoms with Crippen LogP contribution in [0, 0.1) is 0 Å². The average molecular weight is 212 g/mol. The highest BCUT2D eigenvalue weighted by Crippen LogP contribution is 2.27. The maximum atomic E-state index is 11.0. The Labute approximate surface area is 90.9 Å². The molecule has 0 aromatic carbocycles. The number of carboxylic acids is 1. The van der Waals surface area contributed by atoms with Crippen molar-refractivity contribution in [3.8, 4) is 0 Å². The summed E-state index contributed by atoms with van der Waals surface area (Å²) >= 11 is 0. The van der Waals surface area contributed by atoms with E-state index in [0.29, 0.717) is 6.42 Å². The SMILES string of the molecule is CCC(C(=O)O)N1CCN(C2CC2)CC1.